The van der Waals surface area contributed by atoms with Gasteiger partial charge in [-0.15, -0.1) is 10.5 Å². The van der Waals surface area contributed by atoms with Crippen LogP contribution in [0.25, 0.3) is 10.9 Å². The Morgan fingerprint density at radius 3 is 2.62 bits per heavy atom. The van der Waals surface area contributed by atoms with Crippen LogP contribution in [0.3, 0.4) is 0 Å². The molecule has 0 fully saturated rings. The normalized spacial score (nSPS) is 15.4. The number of carbonyl (C=O) groups excluding carboxylic acids is 3. The van der Waals surface area contributed by atoms with Gasteiger partial charge in [-0.05, 0) is 36.3 Å². The minimum atomic E-state index is -0.606. The monoisotopic (exact) mass is 546 g/mol. The maximum Gasteiger partial charge on any atom is 0.243 e. The summed E-state index contributed by atoms with van der Waals surface area (Å²) in [6, 6.07) is 17.5. The standard InChI is InChI=1S/C31H38N4O3S/c1-2-25(36)13-7-4-8-16-28(35-29(37)18-17-24-21-33-27-15-10-9-14-26(24)27)30(38)34-22-39-20-19-32-31(39)23-11-5-3-6-12-23/h3,5-6,9-12,14-15,20-21,28,33H,2,4,7-8,13,16-19,22H2,1H3,(H,34,38)(H,35,37)/t28-,39?/m0/s1. The van der Waals surface area contributed by atoms with Gasteiger partial charge in [0.25, 0.3) is 0 Å². The zero-order chi connectivity index (χ0) is 27.5. The van der Waals surface area contributed by atoms with Crippen molar-refractivity contribution in [2.75, 3.05) is 12.4 Å². The Hall–Kier alpha value is -3.52. The third-order valence-electron chi connectivity index (χ3n) is 6.97. The quantitative estimate of drug-likeness (QED) is 0.182. The van der Waals surface area contributed by atoms with E-state index in [4.69, 9.17) is 0 Å². The van der Waals surface area contributed by atoms with E-state index in [1.807, 2.05) is 67.7 Å². The van der Waals surface area contributed by atoms with Crippen molar-refractivity contribution in [3.63, 3.8) is 0 Å². The first-order chi connectivity index (χ1) is 19.0. The SMILES string of the molecule is CCC(=O)CCCCC[C@H](NC(=O)CCc1c[nH]c2ccccc12)C(=O)NCS1=CCN=C1c1ccccc1. The molecule has 2 aromatic carbocycles. The number of aryl methyl sites for hydroxylation is 1. The van der Waals surface area contributed by atoms with Crippen LogP contribution in [0.1, 0.15) is 63.0 Å². The first-order valence-corrected chi connectivity index (χ1v) is 15.3. The smallest absolute Gasteiger partial charge is 0.243 e. The van der Waals surface area contributed by atoms with Crippen molar-refractivity contribution >= 4 is 49.4 Å². The molecule has 1 aromatic heterocycles. The number of Topliss-reactive ketones (excluding diaryl/α,β-unsaturated/α-hetero) is 1. The van der Waals surface area contributed by atoms with E-state index in [0.29, 0.717) is 44.5 Å². The molecule has 1 unspecified atom stereocenters. The summed E-state index contributed by atoms with van der Waals surface area (Å²) in [7, 11) is -0.279. The average molecular weight is 547 g/mol. The number of fused-ring (bicyclic) bond motifs is 1. The zero-order valence-corrected chi connectivity index (χ0v) is 23.4. The fourth-order valence-corrected chi connectivity index (χ4v) is 6.38. The number of aliphatic imine (C=N–C) groups is 1. The second kappa shape index (κ2) is 14.6. The predicted octanol–water partition coefficient (Wildman–Crippen LogP) is 5.12. The van der Waals surface area contributed by atoms with E-state index in [-0.39, 0.29) is 28.1 Å². The van der Waals surface area contributed by atoms with Crippen LogP contribution >= 0.6 is 10.5 Å². The number of carbonyl (C=O) groups is 3. The first kappa shape index (κ1) is 28.5. The van der Waals surface area contributed by atoms with Crippen molar-refractivity contribution in [2.24, 2.45) is 4.99 Å². The molecular weight excluding hydrogens is 508 g/mol. The van der Waals surface area contributed by atoms with Crippen LogP contribution in [-0.4, -0.2) is 51.5 Å². The molecule has 0 saturated carbocycles. The third kappa shape index (κ3) is 8.23. The number of rotatable bonds is 15. The number of nitrogens with zero attached hydrogens (tertiary/aromatic N) is 1. The van der Waals surface area contributed by atoms with Crippen molar-refractivity contribution in [1.29, 1.82) is 0 Å². The van der Waals surface area contributed by atoms with Crippen molar-refractivity contribution in [3.05, 3.63) is 71.9 Å². The van der Waals surface area contributed by atoms with Crippen LogP contribution in [0.5, 0.6) is 0 Å². The van der Waals surface area contributed by atoms with Gasteiger partial charge in [0.2, 0.25) is 11.8 Å². The number of para-hydroxylation sites is 1. The minimum absolute atomic E-state index is 0.136. The highest BCUT2D eigenvalue weighted by Crippen LogP contribution is 2.24. The van der Waals surface area contributed by atoms with E-state index in [9.17, 15) is 14.4 Å². The summed E-state index contributed by atoms with van der Waals surface area (Å²) in [5, 5.41) is 10.3. The molecule has 3 N–H and O–H groups in total. The molecule has 2 atom stereocenters. The van der Waals surface area contributed by atoms with Gasteiger partial charge in [-0.25, -0.2) is 0 Å². The molecule has 0 bridgehead atoms. The number of aromatic nitrogens is 1. The van der Waals surface area contributed by atoms with Crippen LogP contribution in [0, 0.1) is 0 Å². The Kier molecular flexibility index (Phi) is 10.7. The topological polar surface area (TPSA) is 103 Å². The molecule has 2 heterocycles. The fourth-order valence-electron chi connectivity index (χ4n) is 4.74. The van der Waals surface area contributed by atoms with Gasteiger partial charge in [0.1, 0.15) is 11.8 Å². The lowest BCUT2D eigenvalue weighted by atomic mass is 10.0. The predicted molar refractivity (Wildman–Crippen MR) is 161 cm³/mol. The number of hydrogen-bond acceptors (Lipinski definition) is 4. The number of unbranched alkanes of at least 4 members (excludes halogenated alkanes) is 2. The van der Waals surface area contributed by atoms with Gasteiger partial charge in [0, 0.05) is 41.9 Å². The highest BCUT2D eigenvalue weighted by molar-refractivity contribution is 8.28. The van der Waals surface area contributed by atoms with Crippen LogP contribution < -0.4 is 10.6 Å². The number of aromatic amines is 1. The zero-order valence-electron chi connectivity index (χ0n) is 22.6. The summed E-state index contributed by atoms with van der Waals surface area (Å²) < 4.78 is 0. The van der Waals surface area contributed by atoms with Gasteiger partial charge < -0.3 is 15.6 Å². The largest absolute Gasteiger partial charge is 0.361 e. The number of nitrogens with one attached hydrogen (secondary N) is 3. The third-order valence-corrected chi connectivity index (χ3v) is 8.84. The Morgan fingerprint density at radius 1 is 1.00 bits per heavy atom. The number of ketones is 1. The summed E-state index contributed by atoms with van der Waals surface area (Å²) in [6.45, 7) is 2.53. The molecule has 8 heteroatoms. The molecule has 1 aliphatic heterocycles. The first-order valence-electron chi connectivity index (χ1n) is 13.8. The lowest BCUT2D eigenvalue weighted by Gasteiger charge is -2.19. The number of benzene rings is 2. The van der Waals surface area contributed by atoms with Gasteiger partial charge >= 0.3 is 0 Å². The molecule has 0 saturated heterocycles. The second-order valence-electron chi connectivity index (χ2n) is 9.76. The molecule has 0 aliphatic carbocycles. The number of amides is 2. The van der Waals surface area contributed by atoms with Gasteiger partial charge in [-0.1, -0.05) is 68.3 Å². The molecule has 0 spiro atoms. The Labute approximate surface area is 232 Å². The van der Waals surface area contributed by atoms with E-state index in [2.05, 4.69) is 26.0 Å². The Balaban J connectivity index is 1.33. The summed E-state index contributed by atoms with van der Waals surface area (Å²) in [4.78, 5) is 45.7. The number of H-pyrrole nitrogens is 1. The molecule has 206 valence electrons. The van der Waals surface area contributed by atoms with E-state index < -0.39 is 6.04 Å². The van der Waals surface area contributed by atoms with E-state index >= 15 is 0 Å². The molecule has 3 aromatic rings. The summed E-state index contributed by atoms with van der Waals surface area (Å²) in [6.07, 6.45) is 6.96. The van der Waals surface area contributed by atoms with Crippen LogP contribution in [0.4, 0.5) is 0 Å². The van der Waals surface area contributed by atoms with Gasteiger partial charge in [-0.2, -0.15) is 0 Å². The molecule has 4 rings (SSSR count). The van der Waals surface area contributed by atoms with Crippen molar-refractivity contribution in [3.8, 4) is 0 Å². The van der Waals surface area contributed by atoms with E-state index in [1.165, 1.54) is 0 Å². The van der Waals surface area contributed by atoms with Crippen LogP contribution in [0.2, 0.25) is 0 Å². The minimum Gasteiger partial charge on any atom is -0.361 e. The summed E-state index contributed by atoms with van der Waals surface area (Å²) in [5.74, 6) is 0.432. The van der Waals surface area contributed by atoms with E-state index in [0.717, 1.165) is 46.3 Å². The second-order valence-corrected chi connectivity index (χ2v) is 11.6. The maximum atomic E-state index is 13.3. The molecule has 7 nitrogen and oxygen atoms in total. The average Bonchev–Trinajstić information content (AvgIpc) is 3.61. The lowest BCUT2D eigenvalue weighted by Crippen LogP contribution is -2.47. The fraction of sp³-hybridized carbons (Fsp3) is 0.387. The van der Waals surface area contributed by atoms with Crippen LogP contribution in [0.15, 0.2) is 65.8 Å². The molecule has 2 amide bonds. The Bertz CT molecular complexity index is 1350. The molecule has 0 radical (unpaired) electrons. The van der Waals surface area contributed by atoms with Crippen molar-refractivity contribution in [1.82, 2.24) is 15.6 Å². The molecule has 39 heavy (non-hydrogen) atoms. The molecular formula is C31H38N4O3S. The van der Waals surface area contributed by atoms with Crippen molar-refractivity contribution < 1.29 is 14.4 Å². The lowest BCUT2D eigenvalue weighted by molar-refractivity contribution is -0.129. The summed E-state index contributed by atoms with van der Waals surface area (Å²) in [5.41, 5.74) is 3.22. The molecule has 1 aliphatic rings. The number of hydrogen-bond donors (Lipinski definition) is 3. The Morgan fingerprint density at radius 2 is 1.79 bits per heavy atom. The summed E-state index contributed by atoms with van der Waals surface area (Å²) >= 11 is 0. The van der Waals surface area contributed by atoms with Crippen molar-refractivity contribution in [2.45, 2.75) is 64.3 Å². The van der Waals surface area contributed by atoms with Gasteiger partial charge in [0.15, 0.2) is 0 Å². The van der Waals surface area contributed by atoms with Gasteiger partial charge in [0.05, 0.1) is 17.5 Å². The van der Waals surface area contributed by atoms with Crippen LogP contribution in [-0.2, 0) is 20.8 Å². The van der Waals surface area contributed by atoms with Gasteiger partial charge in [-0.3, -0.25) is 19.4 Å². The highest BCUT2D eigenvalue weighted by Gasteiger charge is 2.22. The van der Waals surface area contributed by atoms with E-state index in [1.54, 1.807) is 0 Å². The maximum absolute atomic E-state index is 13.3. The highest BCUT2D eigenvalue weighted by atomic mass is 32.2.